The summed E-state index contributed by atoms with van der Waals surface area (Å²) in [6, 6.07) is 15.9. The third-order valence-corrected chi connectivity index (χ3v) is 10.0. The molecule has 0 aliphatic carbocycles. The van der Waals surface area contributed by atoms with Crippen molar-refractivity contribution in [3.8, 4) is 17.2 Å². The number of carbonyl (C=O) groups is 3. The molecule has 6 rings (SSSR count). The number of ether oxygens (including phenoxy) is 3. The number of thiazole rings is 1. The van der Waals surface area contributed by atoms with Gasteiger partial charge in [-0.1, -0.05) is 41.3 Å². The second kappa shape index (κ2) is 12.8. The Bertz CT molecular complexity index is 1910. The predicted molar refractivity (Wildman–Crippen MR) is 169 cm³/mol. The van der Waals surface area contributed by atoms with Gasteiger partial charge in [-0.05, 0) is 61.0 Å². The normalized spacial score (nSPS) is 18.8. The number of imide groups is 1. The van der Waals surface area contributed by atoms with Gasteiger partial charge in [-0.15, -0.1) is 0 Å². The van der Waals surface area contributed by atoms with Gasteiger partial charge in [0.15, 0.2) is 18.1 Å². The zero-order valence-electron chi connectivity index (χ0n) is 24.8. The van der Waals surface area contributed by atoms with E-state index in [4.69, 9.17) is 14.2 Å². The molecule has 15 heteroatoms. The molecule has 3 aromatic carbocycles. The fourth-order valence-corrected chi connectivity index (χ4v) is 8.15. The van der Waals surface area contributed by atoms with Crippen LogP contribution in [0.5, 0.6) is 17.2 Å². The zero-order chi connectivity index (χ0) is 33.5. The lowest BCUT2D eigenvalue weighted by molar-refractivity contribution is -0.137. The van der Waals surface area contributed by atoms with Gasteiger partial charge in [0.25, 0.3) is 5.91 Å². The molecule has 0 radical (unpaired) electrons. The highest BCUT2D eigenvalue weighted by atomic mass is 32.2. The molecule has 3 amide bonds. The highest BCUT2D eigenvalue weighted by Crippen LogP contribution is 2.54. The molecule has 10 nitrogen and oxygen atoms in total. The number of methoxy groups -OCH3 is 1. The van der Waals surface area contributed by atoms with E-state index >= 15 is 0 Å². The lowest BCUT2D eigenvalue weighted by atomic mass is 9.83. The molecule has 2 aliphatic heterocycles. The summed E-state index contributed by atoms with van der Waals surface area (Å²) in [5.41, 5.74) is -0.441. The first kappa shape index (κ1) is 32.2. The Morgan fingerprint density at radius 2 is 1.72 bits per heavy atom. The van der Waals surface area contributed by atoms with Crippen molar-refractivity contribution in [2.45, 2.75) is 29.3 Å². The maximum atomic E-state index is 14.0. The van der Waals surface area contributed by atoms with Gasteiger partial charge < -0.3 is 24.5 Å². The maximum absolute atomic E-state index is 14.0. The Balaban J connectivity index is 1.29. The van der Waals surface area contributed by atoms with Crippen molar-refractivity contribution in [3.05, 3.63) is 92.4 Å². The number of fused-ring (bicyclic) bond motifs is 2. The molecule has 244 valence electrons. The number of thioether (sulfide) groups is 1. The largest absolute Gasteiger partial charge is 0.497 e. The minimum Gasteiger partial charge on any atom is -0.497 e. The third kappa shape index (κ3) is 6.20. The minimum atomic E-state index is -4.66. The average Bonchev–Trinajstić information content (AvgIpc) is 3.54. The Morgan fingerprint density at radius 3 is 2.43 bits per heavy atom. The first-order valence-corrected chi connectivity index (χ1v) is 16.0. The van der Waals surface area contributed by atoms with Gasteiger partial charge in [0.2, 0.25) is 11.8 Å². The van der Waals surface area contributed by atoms with Crippen LogP contribution in [0.25, 0.3) is 0 Å². The Kier molecular flexibility index (Phi) is 8.76. The summed E-state index contributed by atoms with van der Waals surface area (Å²) in [4.78, 5) is 57.0. The van der Waals surface area contributed by atoms with Crippen LogP contribution in [-0.4, -0.2) is 48.3 Å². The number of aromatic amines is 1. The lowest BCUT2D eigenvalue weighted by Gasteiger charge is -2.30. The van der Waals surface area contributed by atoms with Crippen LogP contribution in [-0.2, 0) is 20.6 Å². The summed E-state index contributed by atoms with van der Waals surface area (Å²) >= 11 is 2.10. The molecule has 2 aliphatic rings. The van der Waals surface area contributed by atoms with Gasteiger partial charge in [-0.2, -0.15) is 13.2 Å². The number of hydrogen-bond acceptors (Lipinski definition) is 9. The Hall–Kier alpha value is -4.76. The van der Waals surface area contributed by atoms with Gasteiger partial charge in [0, 0.05) is 10.8 Å². The van der Waals surface area contributed by atoms with E-state index in [9.17, 15) is 32.3 Å². The fraction of sp³-hybridized carbons (Fsp3) is 0.250. The molecule has 3 unspecified atom stereocenters. The van der Waals surface area contributed by atoms with Crippen molar-refractivity contribution in [3.63, 3.8) is 0 Å². The van der Waals surface area contributed by atoms with Crippen molar-refractivity contribution < 1.29 is 41.8 Å². The number of anilines is 2. The van der Waals surface area contributed by atoms with Crippen molar-refractivity contribution in [2.24, 2.45) is 5.92 Å². The molecule has 0 saturated carbocycles. The number of hydrogen-bond donors (Lipinski definition) is 2. The number of H-pyrrole nitrogens is 1. The summed E-state index contributed by atoms with van der Waals surface area (Å²) in [6.45, 7) is 1.30. The number of nitrogens with one attached hydrogen (secondary N) is 2. The molecule has 0 bridgehead atoms. The number of carbonyl (C=O) groups excluding carboxylic acids is 3. The van der Waals surface area contributed by atoms with Crippen molar-refractivity contribution in [2.75, 3.05) is 30.5 Å². The molecule has 0 spiro atoms. The molecule has 1 saturated heterocycles. The van der Waals surface area contributed by atoms with Crippen LogP contribution >= 0.6 is 23.1 Å². The first-order chi connectivity index (χ1) is 22.5. The third-order valence-electron chi connectivity index (χ3n) is 7.65. The van der Waals surface area contributed by atoms with Gasteiger partial charge in [-0.25, -0.2) is 4.90 Å². The fourth-order valence-electron chi connectivity index (χ4n) is 5.64. The smallest absolute Gasteiger partial charge is 0.418 e. The summed E-state index contributed by atoms with van der Waals surface area (Å²) in [5, 5.41) is 1.91. The van der Waals surface area contributed by atoms with Crippen LogP contribution < -0.4 is 29.3 Å². The van der Waals surface area contributed by atoms with Crippen LogP contribution in [0.15, 0.2) is 76.6 Å². The van der Waals surface area contributed by atoms with Crippen LogP contribution in [0, 0.1) is 5.92 Å². The predicted octanol–water partition coefficient (Wildman–Crippen LogP) is 5.68. The average molecular weight is 686 g/mol. The van der Waals surface area contributed by atoms with E-state index in [0.29, 0.717) is 26.9 Å². The van der Waals surface area contributed by atoms with E-state index in [-0.39, 0.29) is 23.0 Å². The molecule has 3 heterocycles. The van der Waals surface area contributed by atoms with Gasteiger partial charge in [-0.3, -0.25) is 19.2 Å². The number of para-hydroxylation sites is 1. The number of rotatable bonds is 9. The number of benzene rings is 3. The second-order valence-electron chi connectivity index (χ2n) is 10.5. The molecule has 4 aromatic rings. The van der Waals surface area contributed by atoms with E-state index in [0.717, 1.165) is 40.1 Å². The Labute approximate surface area is 273 Å². The first-order valence-electron chi connectivity index (χ1n) is 14.3. The van der Waals surface area contributed by atoms with Crippen LogP contribution in [0.3, 0.4) is 0 Å². The molecule has 2 N–H and O–H groups in total. The molecule has 1 fully saturated rings. The molecule has 3 atom stereocenters. The van der Waals surface area contributed by atoms with Gasteiger partial charge >= 0.3 is 11.0 Å². The van der Waals surface area contributed by atoms with E-state index < -0.39 is 58.8 Å². The summed E-state index contributed by atoms with van der Waals surface area (Å²) in [6.07, 6.45) is -4.66. The monoisotopic (exact) mass is 685 g/mol. The number of amides is 3. The topological polar surface area (TPSA) is 127 Å². The van der Waals surface area contributed by atoms with Crippen LogP contribution in [0.1, 0.15) is 28.8 Å². The quantitative estimate of drug-likeness (QED) is 0.216. The Morgan fingerprint density at radius 1 is 0.979 bits per heavy atom. The zero-order valence-corrected chi connectivity index (χ0v) is 26.4. The highest BCUT2D eigenvalue weighted by Gasteiger charge is 2.56. The number of alkyl halides is 3. The van der Waals surface area contributed by atoms with E-state index in [1.54, 1.807) is 43.3 Å². The minimum absolute atomic E-state index is 0.132. The highest BCUT2D eigenvalue weighted by molar-refractivity contribution is 8.00. The van der Waals surface area contributed by atoms with E-state index in [1.807, 2.05) is 0 Å². The van der Waals surface area contributed by atoms with E-state index in [2.05, 4.69) is 10.3 Å². The number of halogens is 3. The molecule has 1 aromatic heterocycles. The summed E-state index contributed by atoms with van der Waals surface area (Å²) < 4.78 is 56.8. The van der Waals surface area contributed by atoms with Crippen molar-refractivity contribution in [1.82, 2.24) is 4.98 Å². The van der Waals surface area contributed by atoms with E-state index in [1.165, 1.54) is 25.3 Å². The summed E-state index contributed by atoms with van der Waals surface area (Å²) in [5.74, 6) is -2.32. The summed E-state index contributed by atoms with van der Waals surface area (Å²) in [7, 11) is 1.51. The van der Waals surface area contributed by atoms with Gasteiger partial charge in [0.05, 0.1) is 41.6 Å². The lowest BCUT2D eigenvalue weighted by Crippen LogP contribution is -2.32. The molecule has 47 heavy (non-hydrogen) atoms. The number of aromatic nitrogens is 1. The maximum Gasteiger partial charge on any atom is 0.418 e. The van der Waals surface area contributed by atoms with Gasteiger partial charge in [0.1, 0.15) is 11.0 Å². The van der Waals surface area contributed by atoms with Crippen LogP contribution in [0.4, 0.5) is 24.5 Å². The number of nitrogens with zero attached hydrogens (tertiary/aromatic N) is 1. The van der Waals surface area contributed by atoms with Crippen molar-refractivity contribution >= 4 is 52.2 Å². The standard InChI is InChI=1S/C32H26F3N3O7S2/c1-3-44-22-14-16(8-13-21(22)45-15-23(39)36-20-7-5-4-6-19(20)32(33,34)35)24-25-27(46-28-26(24)47-31(42)37-28)30(41)38(29(25)40)17-9-11-18(43-2)12-10-17/h4-14,24-25,27H,3,15H2,1-2H3,(H,36,39)(H,37,42). The second-order valence-corrected chi connectivity index (χ2v) is 12.6. The SMILES string of the molecule is CCOc1cc(C2c3sc(=O)[nH]c3SC3C(=O)N(c4ccc(OC)cc4)C(=O)C32)ccc1OCC(=O)Nc1ccccc1C(F)(F)F. The molecular weight excluding hydrogens is 659 g/mol. The van der Waals surface area contributed by atoms with Crippen LogP contribution in [0.2, 0.25) is 0 Å². The van der Waals surface area contributed by atoms with Crippen molar-refractivity contribution in [1.29, 1.82) is 0 Å². The molecular formula is C32H26F3N3O7S2.